The average Bonchev–Trinajstić information content (AvgIpc) is 3.23. The zero-order valence-corrected chi connectivity index (χ0v) is 15.0. The van der Waals surface area contributed by atoms with Gasteiger partial charge >= 0.3 is 5.69 Å². The third kappa shape index (κ3) is 3.37. The first-order chi connectivity index (χ1) is 13.7. The van der Waals surface area contributed by atoms with Gasteiger partial charge in [-0.1, -0.05) is 18.2 Å². The van der Waals surface area contributed by atoms with E-state index >= 15 is 0 Å². The quantitative estimate of drug-likeness (QED) is 0.524. The number of ether oxygens (including phenoxy) is 1. The molecule has 28 heavy (non-hydrogen) atoms. The zero-order valence-electron chi connectivity index (χ0n) is 15.0. The number of furan rings is 1. The Kier molecular flexibility index (Phi) is 4.63. The Labute approximate surface area is 158 Å². The van der Waals surface area contributed by atoms with Crippen LogP contribution in [-0.4, -0.2) is 26.6 Å². The van der Waals surface area contributed by atoms with Gasteiger partial charge in [0.05, 0.1) is 19.9 Å². The number of rotatable bonds is 6. The maximum Gasteiger partial charge on any atom is 0.330 e. The van der Waals surface area contributed by atoms with Crippen molar-refractivity contribution in [3.63, 3.8) is 0 Å². The predicted octanol–water partition coefficient (Wildman–Crippen LogP) is 1.74. The first kappa shape index (κ1) is 17.5. The Morgan fingerprint density at radius 1 is 1.21 bits per heavy atom. The van der Waals surface area contributed by atoms with Gasteiger partial charge < -0.3 is 14.5 Å². The van der Waals surface area contributed by atoms with Gasteiger partial charge in [0.2, 0.25) is 5.95 Å². The Morgan fingerprint density at radius 2 is 2.07 bits per heavy atom. The molecule has 0 bridgehead atoms. The van der Waals surface area contributed by atoms with Crippen LogP contribution >= 0.6 is 0 Å². The number of anilines is 1. The third-order valence-electron chi connectivity index (χ3n) is 4.26. The van der Waals surface area contributed by atoms with Crippen molar-refractivity contribution in [2.24, 2.45) is 0 Å². The highest BCUT2D eigenvalue weighted by atomic mass is 16.5. The van der Waals surface area contributed by atoms with E-state index in [4.69, 9.17) is 9.15 Å². The minimum Gasteiger partial charge on any atom is -0.496 e. The standard InChI is InChI=1S/C19H17N5O4/c1-27-15-7-3-2-5-12(15)9-20-18-21-10-14-16(22-18)23-19(26)24(17(14)25)11-13-6-4-8-28-13/h2-8,10H,9,11H2,1H3,(H2,20,21,22,23,26). The summed E-state index contributed by atoms with van der Waals surface area (Å²) < 4.78 is 11.6. The lowest BCUT2D eigenvalue weighted by Crippen LogP contribution is -2.35. The third-order valence-corrected chi connectivity index (χ3v) is 4.26. The number of nitrogens with zero attached hydrogens (tertiary/aromatic N) is 3. The van der Waals surface area contributed by atoms with E-state index in [0.29, 0.717) is 12.3 Å². The van der Waals surface area contributed by atoms with E-state index in [-0.39, 0.29) is 23.5 Å². The van der Waals surface area contributed by atoms with Crippen molar-refractivity contribution < 1.29 is 9.15 Å². The van der Waals surface area contributed by atoms with Crippen LogP contribution in [0.3, 0.4) is 0 Å². The maximum absolute atomic E-state index is 12.6. The lowest BCUT2D eigenvalue weighted by molar-refractivity contribution is 0.410. The van der Waals surface area contributed by atoms with Crippen LogP contribution in [0.25, 0.3) is 11.0 Å². The number of fused-ring (bicyclic) bond motifs is 1. The van der Waals surface area contributed by atoms with Gasteiger partial charge in [-0.15, -0.1) is 0 Å². The van der Waals surface area contributed by atoms with E-state index in [2.05, 4.69) is 20.3 Å². The molecule has 1 aromatic carbocycles. The van der Waals surface area contributed by atoms with Gasteiger partial charge in [-0.2, -0.15) is 4.98 Å². The number of aromatic amines is 1. The average molecular weight is 379 g/mol. The summed E-state index contributed by atoms with van der Waals surface area (Å²) in [5, 5.41) is 3.29. The molecule has 3 aromatic heterocycles. The molecule has 0 fully saturated rings. The van der Waals surface area contributed by atoms with Gasteiger partial charge in [-0.25, -0.2) is 9.78 Å². The Balaban J connectivity index is 1.62. The molecular formula is C19H17N5O4. The molecular weight excluding hydrogens is 362 g/mol. The molecule has 0 amide bonds. The summed E-state index contributed by atoms with van der Waals surface area (Å²) in [5.41, 5.74) is 0.0500. The summed E-state index contributed by atoms with van der Waals surface area (Å²) in [6.45, 7) is 0.459. The smallest absolute Gasteiger partial charge is 0.330 e. The highest BCUT2D eigenvalue weighted by Crippen LogP contribution is 2.18. The highest BCUT2D eigenvalue weighted by Gasteiger charge is 2.12. The summed E-state index contributed by atoms with van der Waals surface area (Å²) in [6.07, 6.45) is 2.88. The molecule has 4 rings (SSSR count). The molecule has 0 aliphatic rings. The number of para-hydroxylation sites is 1. The van der Waals surface area contributed by atoms with E-state index in [9.17, 15) is 9.59 Å². The number of benzene rings is 1. The Hall–Kier alpha value is -3.88. The minimum absolute atomic E-state index is 0.0326. The first-order valence-electron chi connectivity index (χ1n) is 8.53. The lowest BCUT2D eigenvalue weighted by atomic mass is 10.2. The fourth-order valence-corrected chi connectivity index (χ4v) is 2.85. The maximum atomic E-state index is 12.6. The van der Waals surface area contributed by atoms with E-state index in [1.807, 2.05) is 24.3 Å². The van der Waals surface area contributed by atoms with E-state index in [1.54, 1.807) is 19.2 Å². The van der Waals surface area contributed by atoms with Gasteiger partial charge in [0.1, 0.15) is 16.9 Å². The van der Waals surface area contributed by atoms with Crippen LogP contribution in [0.15, 0.2) is 62.9 Å². The predicted molar refractivity (Wildman–Crippen MR) is 103 cm³/mol. The van der Waals surface area contributed by atoms with Crippen molar-refractivity contribution in [1.82, 2.24) is 19.5 Å². The summed E-state index contributed by atoms with van der Waals surface area (Å²) in [4.78, 5) is 36.0. The van der Waals surface area contributed by atoms with Crippen molar-refractivity contribution in [1.29, 1.82) is 0 Å². The normalized spacial score (nSPS) is 10.9. The largest absolute Gasteiger partial charge is 0.496 e. The molecule has 2 N–H and O–H groups in total. The van der Waals surface area contributed by atoms with Crippen LogP contribution in [-0.2, 0) is 13.1 Å². The fraction of sp³-hybridized carbons (Fsp3) is 0.158. The number of H-pyrrole nitrogens is 1. The summed E-state index contributed by atoms with van der Waals surface area (Å²) in [6, 6.07) is 10.9. The van der Waals surface area contributed by atoms with Crippen molar-refractivity contribution in [2.75, 3.05) is 12.4 Å². The van der Waals surface area contributed by atoms with E-state index in [0.717, 1.165) is 15.9 Å². The Bertz CT molecular complexity index is 1230. The van der Waals surface area contributed by atoms with Crippen molar-refractivity contribution in [2.45, 2.75) is 13.1 Å². The number of nitrogens with one attached hydrogen (secondary N) is 2. The molecule has 4 aromatic rings. The van der Waals surface area contributed by atoms with E-state index in [1.165, 1.54) is 12.5 Å². The molecule has 9 nitrogen and oxygen atoms in total. The molecule has 9 heteroatoms. The fourth-order valence-electron chi connectivity index (χ4n) is 2.85. The molecule has 142 valence electrons. The topological polar surface area (TPSA) is 115 Å². The zero-order chi connectivity index (χ0) is 19.5. The van der Waals surface area contributed by atoms with Crippen molar-refractivity contribution in [3.05, 3.63) is 81.0 Å². The lowest BCUT2D eigenvalue weighted by Gasteiger charge is -2.10. The molecule has 0 atom stereocenters. The second kappa shape index (κ2) is 7.39. The number of aromatic nitrogens is 4. The van der Waals surface area contributed by atoms with Crippen LogP contribution in [0.1, 0.15) is 11.3 Å². The summed E-state index contributed by atoms with van der Waals surface area (Å²) in [5.74, 6) is 1.53. The molecule has 0 spiro atoms. The second-order valence-electron chi connectivity index (χ2n) is 6.02. The van der Waals surface area contributed by atoms with Crippen LogP contribution in [0.4, 0.5) is 5.95 Å². The monoisotopic (exact) mass is 379 g/mol. The van der Waals surface area contributed by atoms with Gasteiger partial charge in [-0.05, 0) is 18.2 Å². The van der Waals surface area contributed by atoms with Gasteiger partial charge in [0.25, 0.3) is 5.56 Å². The minimum atomic E-state index is -0.566. The Morgan fingerprint density at radius 3 is 2.86 bits per heavy atom. The van der Waals surface area contributed by atoms with Crippen molar-refractivity contribution >= 4 is 17.0 Å². The number of hydrogen-bond donors (Lipinski definition) is 2. The second-order valence-corrected chi connectivity index (χ2v) is 6.02. The number of hydrogen-bond acceptors (Lipinski definition) is 7. The van der Waals surface area contributed by atoms with E-state index < -0.39 is 11.2 Å². The van der Waals surface area contributed by atoms with Gasteiger partial charge in [0.15, 0.2) is 5.65 Å². The molecule has 0 aliphatic carbocycles. The van der Waals surface area contributed by atoms with Gasteiger partial charge in [0, 0.05) is 18.3 Å². The van der Waals surface area contributed by atoms with Crippen LogP contribution in [0.2, 0.25) is 0 Å². The van der Waals surface area contributed by atoms with Crippen LogP contribution in [0.5, 0.6) is 5.75 Å². The van der Waals surface area contributed by atoms with Crippen LogP contribution < -0.4 is 21.3 Å². The molecule has 0 saturated carbocycles. The number of methoxy groups -OCH3 is 1. The molecule has 0 aliphatic heterocycles. The summed E-state index contributed by atoms with van der Waals surface area (Å²) >= 11 is 0. The summed E-state index contributed by atoms with van der Waals surface area (Å²) in [7, 11) is 1.60. The molecule has 0 saturated heterocycles. The SMILES string of the molecule is COc1ccccc1CNc1ncc2c(=O)n(Cc3ccco3)c(=O)[nH]c2n1. The van der Waals surface area contributed by atoms with Crippen LogP contribution in [0, 0.1) is 0 Å². The van der Waals surface area contributed by atoms with Crippen molar-refractivity contribution in [3.8, 4) is 5.75 Å². The first-order valence-corrected chi connectivity index (χ1v) is 8.53. The highest BCUT2D eigenvalue weighted by molar-refractivity contribution is 5.73. The molecule has 3 heterocycles. The molecule has 0 radical (unpaired) electrons. The molecule has 0 unspecified atom stereocenters. The van der Waals surface area contributed by atoms with Gasteiger partial charge in [-0.3, -0.25) is 14.3 Å².